The Labute approximate surface area is 113 Å². The van der Waals surface area contributed by atoms with Crippen LogP contribution in [0.5, 0.6) is 0 Å². The molecule has 0 atom stereocenters. The minimum Gasteiger partial charge on any atom is -0.398 e. The summed E-state index contributed by atoms with van der Waals surface area (Å²) in [4.78, 5) is 25.1. The molecule has 5 heteroatoms. The van der Waals surface area contributed by atoms with E-state index in [9.17, 15) is 9.59 Å². The topological polar surface area (TPSA) is 75.4 Å². The minimum atomic E-state index is -0.196. The van der Waals surface area contributed by atoms with Gasteiger partial charge in [0.25, 0.3) is 0 Å². The van der Waals surface area contributed by atoms with E-state index in [1.165, 1.54) is 0 Å². The number of nitrogens with zero attached hydrogens (tertiary/aromatic N) is 1. The fraction of sp³-hybridized carbons (Fsp3) is 0.429. The van der Waals surface area contributed by atoms with Crippen LogP contribution in [0.15, 0.2) is 24.3 Å². The van der Waals surface area contributed by atoms with E-state index in [0.29, 0.717) is 18.8 Å². The van der Waals surface area contributed by atoms with Crippen LogP contribution in [0, 0.1) is 0 Å². The number of carbonyl (C=O) groups excluding carboxylic acids is 2. The van der Waals surface area contributed by atoms with Crippen molar-refractivity contribution < 1.29 is 9.59 Å². The summed E-state index contributed by atoms with van der Waals surface area (Å²) in [6.07, 6.45) is 0.193. The summed E-state index contributed by atoms with van der Waals surface area (Å²) in [5.74, 6) is -0.266. The van der Waals surface area contributed by atoms with Gasteiger partial charge in [0, 0.05) is 18.8 Å². The van der Waals surface area contributed by atoms with Crippen molar-refractivity contribution in [3.63, 3.8) is 0 Å². The van der Waals surface area contributed by atoms with Crippen LogP contribution >= 0.6 is 0 Å². The lowest BCUT2D eigenvalue weighted by molar-refractivity contribution is -0.132. The van der Waals surface area contributed by atoms with E-state index in [1.54, 1.807) is 17.0 Å². The second kappa shape index (κ2) is 7.41. The molecule has 0 unspecified atom stereocenters. The first-order valence-corrected chi connectivity index (χ1v) is 6.46. The molecule has 0 fully saturated rings. The highest BCUT2D eigenvalue weighted by Gasteiger charge is 2.11. The van der Waals surface area contributed by atoms with Crippen LogP contribution in [0.25, 0.3) is 0 Å². The van der Waals surface area contributed by atoms with Gasteiger partial charge < -0.3 is 16.0 Å². The Balaban J connectivity index is 2.44. The van der Waals surface area contributed by atoms with Crippen LogP contribution in [-0.4, -0.2) is 36.3 Å². The molecule has 2 amide bonds. The second-order valence-electron chi connectivity index (χ2n) is 4.22. The van der Waals surface area contributed by atoms with E-state index >= 15 is 0 Å². The van der Waals surface area contributed by atoms with Crippen LogP contribution in [-0.2, 0) is 16.0 Å². The number of amides is 2. The van der Waals surface area contributed by atoms with Crippen LogP contribution in [0.3, 0.4) is 0 Å². The molecule has 0 saturated carbocycles. The average molecular weight is 263 g/mol. The van der Waals surface area contributed by atoms with Crippen molar-refractivity contribution in [1.29, 1.82) is 0 Å². The zero-order valence-electron chi connectivity index (χ0n) is 11.5. The summed E-state index contributed by atoms with van der Waals surface area (Å²) >= 11 is 0. The van der Waals surface area contributed by atoms with Crippen LogP contribution in [0.1, 0.15) is 19.4 Å². The standard InChI is InChI=1S/C14H21N3O2/c1-3-17(4-2)14(19)10-16-13(18)9-11-7-5-6-8-12(11)15/h5-8H,3-4,9-10,15H2,1-2H3,(H,16,18). The maximum absolute atomic E-state index is 11.7. The van der Waals surface area contributed by atoms with Crippen molar-refractivity contribution >= 4 is 17.5 Å². The highest BCUT2D eigenvalue weighted by molar-refractivity contribution is 5.86. The van der Waals surface area contributed by atoms with E-state index in [4.69, 9.17) is 5.73 Å². The van der Waals surface area contributed by atoms with Gasteiger partial charge in [-0.1, -0.05) is 18.2 Å². The van der Waals surface area contributed by atoms with E-state index in [1.807, 2.05) is 26.0 Å². The molecule has 1 aromatic carbocycles. The molecule has 0 aliphatic carbocycles. The number of carbonyl (C=O) groups is 2. The van der Waals surface area contributed by atoms with Crippen LogP contribution < -0.4 is 11.1 Å². The van der Waals surface area contributed by atoms with E-state index < -0.39 is 0 Å². The summed E-state index contributed by atoms with van der Waals surface area (Å²) in [5, 5.41) is 2.62. The maximum Gasteiger partial charge on any atom is 0.241 e. The van der Waals surface area contributed by atoms with Crippen LogP contribution in [0.2, 0.25) is 0 Å². The molecule has 1 rings (SSSR count). The fourth-order valence-electron chi connectivity index (χ4n) is 1.79. The Bertz CT molecular complexity index is 442. The first-order chi connectivity index (χ1) is 9.08. The second-order valence-corrected chi connectivity index (χ2v) is 4.22. The van der Waals surface area contributed by atoms with Crippen molar-refractivity contribution in [3.8, 4) is 0 Å². The fourth-order valence-corrected chi connectivity index (χ4v) is 1.79. The molecule has 3 N–H and O–H groups in total. The summed E-state index contributed by atoms with van der Waals surface area (Å²) in [6, 6.07) is 7.21. The Hall–Kier alpha value is -2.04. The van der Waals surface area contributed by atoms with Gasteiger partial charge in [0.15, 0.2) is 0 Å². The molecular formula is C14H21N3O2. The molecule has 0 saturated heterocycles. The molecule has 0 aliphatic rings. The number of hydrogen-bond donors (Lipinski definition) is 2. The summed E-state index contributed by atoms with van der Waals surface area (Å²) < 4.78 is 0. The maximum atomic E-state index is 11.7. The van der Waals surface area contributed by atoms with Gasteiger partial charge in [-0.25, -0.2) is 0 Å². The largest absolute Gasteiger partial charge is 0.398 e. The predicted molar refractivity (Wildman–Crippen MR) is 75.5 cm³/mol. The minimum absolute atomic E-state index is 0.0350. The van der Waals surface area contributed by atoms with Gasteiger partial charge >= 0.3 is 0 Å². The molecular weight excluding hydrogens is 242 g/mol. The molecule has 0 bridgehead atoms. The molecule has 104 valence electrons. The van der Waals surface area contributed by atoms with Crippen molar-refractivity contribution in [2.45, 2.75) is 20.3 Å². The quantitative estimate of drug-likeness (QED) is 0.745. The monoisotopic (exact) mass is 263 g/mol. The lowest BCUT2D eigenvalue weighted by Crippen LogP contribution is -2.40. The molecule has 0 aromatic heterocycles. The number of anilines is 1. The first-order valence-electron chi connectivity index (χ1n) is 6.46. The Morgan fingerprint density at radius 1 is 1.21 bits per heavy atom. The van der Waals surface area contributed by atoms with E-state index in [-0.39, 0.29) is 24.8 Å². The molecule has 5 nitrogen and oxygen atoms in total. The number of likely N-dealkylation sites (N-methyl/N-ethyl adjacent to an activating group) is 1. The normalized spacial score (nSPS) is 10.0. The third-order valence-corrected chi connectivity index (χ3v) is 2.96. The van der Waals surface area contributed by atoms with E-state index in [2.05, 4.69) is 5.32 Å². The SMILES string of the molecule is CCN(CC)C(=O)CNC(=O)Cc1ccccc1N. The molecule has 19 heavy (non-hydrogen) atoms. The average Bonchev–Trinajstić information content (AvgIpc) is 2.40. The number of nitrogens with one attached hydrogen (secondary N) is 1. The van der Waals surface area contributed by atoms with E-state index in [0.717, 1.165) is 5.56 Å². The Morgan fingerprint density at radius 3 is 2.42 bits per heavy atom. The highest BCUT2D eigenvalue weighted by atomic mass is 16.2. The number of nitrogen functional groups attached to an aromatic ring is 1. The lowest BCUT2D eigenvalue weighted by Gasteiger charge is -2.18. The third-order valence-electron chi connectivity index (χ3n) is 2.96. The van der Waals surface area contributed by atoms with Gasteiger partial charge in [-0.2, -0.15) is 0 Å². The summed E-state index contributed by atoms with van der Waals surface area (Å²) in [6.45, 7) is 5.16. The predicted octanol–water partition coefficient (Wildman–Crippen LogP) is 0.796. The first kappa shape index (κ1) is 15.0. The molecule has 0 heterocycles. The van der Waals surface area contributed by atoms with Crippen molar-refractivity contribution in [2.24, 2.45) is 0 Å². The van der Waals surface area contributed by atoms with Gasteiger partial charge in [-0.05, 0) is 25.5 Å². The number of rotatable bonds is 6. The van der Waals surface area contributed by atoms with Gasteiger partial charge in [0.05, 0.1) is 13.0 Å². The van der Waals surface area contributed by atoms with Gasteiger partial charge in [-0.3, -0.25) is 9.59 Å². The lowest BCUT2D eigenvalue weighted by atomic mass is 10.1. The smallest absolute Gasteiger partial charge is 0.241 e. The van der Waals surface area contributed by atoms with Crippen LogP contribution in [0.4, 0.5) is 5.69 Å². The number of nitrogens with two attached hydrogens (primary N) is 1. The van der Waals surface area contributed by atoms with Gasteiger partial charge in [-0.15, -0.1) is 0 Å². The molecule has 0 radical (unpaired) electrons. The van der Waals surface area contributed by atoms with Crippen molar-refractivity contribution in [3.05, 3.63) is 29.8 Å². The zero-order chi connectivity index (χ0) is 14.3. The summed E-state index contributed by atoms with van der Waals surface area (Å²) in [7, 11) is 0. The van der Waals surface area contributed by atoms with Gasteiger partial charge in [0.1, 0.15) is 0 Å². The Kier molecular flexibility index (Phi) is 5.85. The Morgan fingerprint density at radius 2 is 1.84 bits per heavy atom. The zero-order valence-corrected chi connectivity index (χ0v) is 11.5. The van der Waals surface area contributed by atoms with Crippen molar-refractivity contribution in [1.82, 2.24) is 10.2 Å². The molecule has 0 spiro atoms. The molecule has 1 aromatic rings. The summed E-state index contributed by atoms with van der Waals surface area (Å²) in [5.41, 5.74) is 7.12. The van der Waals surface area contributed by atoms with Gasteiger partial charge in [0.2, 0.25) is 11.8 Å². The highest BCUT2D eigenvalue weighted by Crippen LogP contribution is 2.10. The number of hydrogen-bond acceptors (Lipinski definition) is 3. The number of benzene rings is 1. The number of para-hydroxylation sites is 1. The third kappa shape index (κ3) is 4.62. The van der Waals surface area contributed by atoms with Crippen molar-refractivity contribution in [2.75, 3.05) is 25.4 Å². The molecule has 0 aliphatic heterocycles.